The summed E-state index contributed by atoms with van der Waals surface area (Å²) in [5, 5.41) is 0. The van der Waals surface area contributed by atoms with E-state index < -0.39 is 5.54 Å². The first-order valence-electron chi connectivity index (χ1n) is 6.22. The minimum absolute atomic E-state index is 0.385. The largest absolute Gasteiger partial charge is 0.368 e. The van der Waals surface area contributed by atoms with Crippen LogP contribution in [0.4, 0.5) is 0 Å². The van der Waals surface area contributed by atoms with Gasteiger partial charge in [0.2, 0.25) is 5.91 Å². The van der Waals surface area contributed by atoms with Gasteiger partial charge < -0.3 is 10.3 Å². The van der Waals surface area contributed by atoms with E-state index in [4.69, 9.17) is 17.3 Å². The molecule has 0 aliphatic rings. The molecule has 4 nitrogen and oxygen atoms in total. The third kappa shape index (κ3) is 2.32. The molecule has 0 atom stereocenters. The normalized spacial score (nSPS) is 12.0. The number of nitrogens with zero attached hydrogens (tertiary/aromatic N) is 2. The standard InChI is InChI=1S/C14H18ClN3O/c1-9-4-5-10-11(8-9)18(12(17-10)6-7-15)14(2,3)13(16)19/h4-5,8H,6-7H2,1-3H3,(H2,16,19). The fraction of sp³-hybridized carbons (Fsp3) is 0.429. The molecule has 0 aliphatic carbocycles. The van der Waals surface area contributed by atoms with Crippen LogP contribution in [0, 0.1) is 6.92 Å². The topological polar surface area (TPSA) is 60.9 Å². The van der Waals surface area contributed by atoms with Gasteiger partial charge in [0.1, 0.15) is 11.4 Å². The fourth-order valence-corrected chi connectivity index (χ4v) is 2.39. The van der Waals surface area contributed by atoms with Crippen molar-refractivity contribution in [3.8, 4) is 0 Å². The van der Waals surface area contributed by atoms with Gasteiger partial charge in [-0.1, -0.05) is 6.07 Å². The molecule has 0 fully saturated rings. The number of hydrogen-bond acceptors (Lipinski definition) is 2. The predicted octanol–water partition coefficient (Wildman–Crippen LogP) is 2.35. The zero-order chi connectivity index (χ0) is 14.2. The third-order valence-corrected chi connectivity index (χ3v) is 3.55. The van der Waals surface area contributed by atoms with Crippen molar-refractivity contribution in [1.29, 1.82) is 0 Å². The van der Waals surface area contributed by atoms with Gasteiger partial charge in [0, 0.05) is 12.3 Å². The highest BCUT2D eigenvalue weighted by molar-refractivity contribution is 6.17. The molecule has 0 saturated carbocycles. The Bertz CT molecular complexity index is 631. The Morgan fingerprint density at radius 3 is 2.74 bits per heavy atom. The number of aromatic nitrogens is 2. The number of primary amides is 1. The lowest BCUT2D eigenvalue weighted by Gasteiger charge is -2.25. The molecule has 2 rings (SSSR count). The van der Waals surface area contributed by atoms with Crippen molar-refractivity contribution in [1.82, 2.24) is 9.55 Å². The highest BCUT2D eigenvalue weighted by Gasteiger charge is 2.31. The second kappa shape index (κ2) is 4.85. The van der Waals surface area contributed by atoms with E-state index in [9.17, 15) is 4.79 Å². The van der Waals surface area contributed by atoms with Gasteiger partial charge in [-0.15, -0.1) is 11.6 Å². The smallest absolute Gasteiger partial charge is 0.243 e. The van der Waals surface area contributed by atoms with Crippen LogP contribution in [-0.2, 0) is 16.8 Å². The third-order valence-electron chi connectivity index (χ3n) is 3.36. The molecule has 2 aromatic rings. The van der Waals surface area contributed by atoms with Crippen LogP contribution in [0.3, 0.4) is 0 Å². The van der Waals surface area contributed by atoms with E-state index in [2.05, 4.69) is 4.98 Å². The van der Waals surface area contributed by atoms with Gasteiger partial charge in [0.25, 0.3) is 0 Å². The lowest BCUT2D eigenvalue weighted by molar-refractivity contribution is -0.125. The molecule has 0 bridgehead atoms. The average Bonchev–Trinajstić information content (AvgIpc) is 2.67. The second-order valence-corrected chi connectivity index (χ2v) is 5.60. The SMILES string of the molecule is Cc1ccc2nc(CCCl)n(C(C)(C)C(N)=O)c2c1. The lowest BCUT2D eigenvalue weighted by atomic mass is 10.0. The molecule has 0 unspecified atom stereocenters. The van der Waals surface area contributed by atoms with E-state index in [1.54, 1.807) is 13.8 Å². The first-order chi connectivity index (χ1) is 8.87. The lowest BCUT2D eigenvalue weighted by Crippen LogP contribution is -2.42. The van der Waals surface area contributed by atoms with E-state index in [1.807, 2.05) is 29.7 Å². The monoisotopic (exact) mass is 279 g/mol. The van der Waals surface area contributed by atoms with Crippen LogP contribution in [0.2, 0.25) is 0 Å². The highest BCUT2D eigenvalue weighted by atomic mass is 35.5. The molecule has 0 aliphatic heterocycles. The first-order valence-corrected chi connectivity index (χ1v) is 6.75. The maximum absolute atomic E-state index is 11.7. The summed E-state index contributed by atoms with van der Waals surface area (Å²) in [6, 6.07) is 5.97. The van der Waals surface area contributed by atoms with Gasteiger partial charge in [-0.05, 0) is 38.5 Å². The number of imidazole rings is 1. The Balaban J connectivity index is 2.77. The molecule has 0 radical (unpaired) electrons. The van der Waals surface area contributed by atoms with E-state index in [0.717, 1.165) is 22.4 Å². The van der Waals surface area contributed by atoms with E-state index in [0.29, 0.717) is 12.3 Å². The number of alkyl halides is 1. The van der Waals surface area contributed by atoms with Gasteiger partial charge in [-0.3, -0.25) is 4.79 Å². The van der Waals surface area contributed by atoms with Gasteiger partial charge in [-0.25, -0.2) is 4.98 Å². The molecule has 5 heteroatoms. The molecule has 0 saturated heterocycles. The summed E-state index contributed by atoms with van der Waals surface area (Å²) in [5.74, 6) is 0.862. The maximum Gasteiger partial charge on any atom is 0.243 e. The van der Waals surface area contributed by atoms with E-state index in [1.165, 1.54) is 0 Å². The van der Waals surface area contributed by atoms with Crippen LogP contribution >= 0.6 is 11.6 Å². The molecule has 0 spiro atoms. The summed E-state index contributed by atoms with van der Waals surface area (Å²) in [5.41, 5.74) is 7.60. The molecule has 102 valence electrons. The number of nitrogens with two attached hydrogens (primary N) is 1. The van der Waals surface area contributed by atoms with E-state index in [-0.39, 0.29) is 5.91 Å². The number of fused-ring (bicyclic) bond motifs is 1. The van der Waals surface area contributed by atoms with Gasteiger partial charge >= 0.3 is 0 Å². The van der Waals surface area contributed by atoms with Crippen LogP contribution < -0.4 is 5.73 Å². The van der Waals surface area contributed by atoms with Crippen LogP contribution in [-0.4, -0.2) is 21.3 Å². The average molecular weight is 280 g/mol. The summed E-state index contributed by atoms with van der Waals surface area (Å²) in [4.78, 5) is 16.3. The van der Waals surface area contributed by atoms with Crippen LogP contribution in [0.1, 0.15) is 25.2 Å². The highest BCUT2D eigenvalue weighted by Crippen LogP contribution is 2.26. The number of hydrogen-bond donors (Lipinski definition) is 1. The van der Waals surface area contributed by atoms with Crippen molar-refractivity contribution < 1.29 is 4.79 Å². The van der Waals surface area contributed by atoms with Crippen molar-refractivity contribution in [2.75, 3.05) is 5.88 Å². The second-order valence-electron chi connectivity index (χ2n) is 5.22. The Morgan fingerprint density at radius 2 is 2.16 bits per heavy atom. The Morgan fingerprint density at radius 1 is 1.47 bits per heavy atom. The number of carbonyl (C=O) groups excluding carboxylic acids is 1. The van der Waals surface area contributed by atoms with Crippen molar-refractivity contribution >= 4 is 28.5 Å². The van der Waals surface area contributed by atoms with Crippen LogP contribution in [0.15, 0.2) is 18.2 Å². The van der Waals surface area contributed by atoms with Gasteiger partial charge in [-0.2, -0.15) is 0 Å². The fourth-order valence-electron chi connectivity index (χ4n) is 2.22. The number of rotatable bonds is 4. The van der Waals surface area contributed by atoms with Crippen LogP contribution in [0.5, 0.6) is 0 Å². The molecule has 2 N–H and O–H groups in total. The minimum Gasteiger partial charge on any atom is -0.368 e. The van der Waals surface area contributed by atoms with E-state index >= 15 is 0 Å². The van der Waals surface area contributed by atoms with Crippen molar-refractivity contribution in [2.24, 2.45) is 5.73 Å². The minimum atomic E-state index is -0.829. The van der Waals surface area contributed by atoms with Crippen molar-refractivity contribution in [3.63, 3.8) is 0 Å². The molecule has 1 heterocycles. The number of aryl methyl sites for hydroxylation is 2. The molecular formula is C14H18ClN3O. The van der Waals surface area contributed by atoms with Crippen molar-refractivity contribution in [2.45, 2.75) is 32.7 Å². The molecule has 1 aromatic carbocycles. The predicted molar refractivity (Wildman–Crippen MR) is 77.4 cm³/mol. The number of amides is 1. The number of carbonyl (C=O) groups is 1. The molecular weight excluding hydrogens is 262 g/mol. The Kier molecular flexibility index (Phi) is 3.54. The van der Waals surface area contributed by atoms with Crippen molar-refractivity contribution in [3.05, 3.63) is 29.6 Å². The zero-order valence-electron chi connectivity index (χ0n) is 11.4. The molecule has 19 heavy (non-hydrogen) atoms. The summed E-state index contributed by atoms with van der Waals surface area (Å²) in [7, 11) is 0. The molecule has 1 aromatic heterocycles. The van der Waals surface area contributed by atoms with Gasteiger partial charge in [0.15, 0.2) is 0 Å². The summed E-state index contributed by atoms with van der Waals surface area (Å²) < 4.78 is 1.90. The zero-order valence-corrected chi connectivity index (χ0v) is 12.2. The Labute approximate surface area is 117 Å². The Hall–Kier alpha value is -1.55. The van der Waals surface area contributed by atoms with Crippen LogP contribution in [0.25, 0.3) is 11.0 Å². The number of benzene rings is 1. The van der Waals surface area contributed by atoms with Gasteiger partial charge in [0.05, 0.1) is 11.0 Å². The summed E-state index contributed by atoms with van der Waals surface area (Å²) >= 11 is 5.83. The number of halogens is 1. The first kappa shape index (κ1) is 13.9. The maximum atomic E-state index is 11.7. The summed E-state index contributed by atoms with van der Waals surface area (Å²) in [6.07, 6.45) is 0.603. The summed E-state index contributed by atoms with van der Waals surface area (Å²) in [6.45, 7) is 5.61. The molecule has 1 amide bonds. The quantitative estimate of drug-likeness (QED) is 0.873.